The third kappa shape index (κ3) is 2.57. The molecule has 1 saturated carbocycles. The van der Waals surface area contributed by atoms with Crippen molar-refractivity contribution in [2.45, 2.75) is 56.3 Å². The lowest BCUT2D eigenvalue weighted by molar-refractivity contribution is -0.132. The minimum atomic E-state index is -0.0159. The SMILES string of the molecule is O=C(Cc1ccn[nH]1)N1CCC2(CCc3c2nc(C2CC2)[nH]c3=O)CC1. The summed E-state index contributed by atoms with van der Waals surface area (Å²) in [5, 5.41) is 6.75. The summed E-state index contributed by atoms with van der Waals surface area (Å²) in [5.74, 6) is 1.47. The van der Waals surface area contributed by atoms with E-state index in [1.165, 1.54) is 0 Å². The Morgan fingerprint density at radius 3 is 2.77 bits per heavy atom. The number of aromatic amines is 2. The number of aromatic nitrogens is 4. The number of piperidine rings is 1. The summed E-state index contributed by atoms with van der Waals surface area (Å²) < 4.78 is 0. The van der Waals surface area contributed by atoms with Crippen LogP contribution in [0.5, 0.6) is 0 Å². The standard InChI is InChI=1S/C19H23N5O2/c25-15(11-13-4-8-20-23-13)24-9-6-19(7-10-24)5-3-14-16(19)21-17(12-1-2-12)22-18(14)26/h4,8,12H,1-3,5-7,9-11H2,(H,20,23)(H,21,22,26). The van der Waals surface area contributed by atoms with Gasteiger partial charge in [0.2, 0.25) is 5.91 Å². The Balaban J connectivity index is 1.34. The fourth-order valence-electron chi connectivity index (χ4n) is 4.55. The first-order chi connectivity index (χ1) is 12.6. The molecule has 2 aliphatic carbocycles. The highest BCUT2D eigenvalue weighted by Crippen LogP contribution is 2.46. The van der Waals surface area contributed by atoms with E-state index in [0.717, 1.165) is 74.4 Å². The molecule has 136 valence electrons. The zero-order valence-corrected chi connectivity index (χ0v) is 14.8. The van der Waals surface area contributed by atoms with E-state index in [9.17, 15) is 9.59 Å². The third-order valence-corrected chi connectivity index (χ3v) is 6.33. The Morgan fingerprint density at radius 1 is 1.27 bits per heavy atom. The summed E-state index contributed by atoms with van der Waals surface area (Å²) in [6.07, 6.45) is 7.89. The molecule has 2 N–H and O–H groups in total. The molecular weight excluding hydrogens is 330 g/mol. The highest BCUT2D eigenvalue weighted by Gasteiger charge is 2.45. The van der Waals surface area contributed by atoms with Crippen molar-refractivity contribution in [3.8, 4) is 0 Å². The van der Waals surface area contributed by atoms with E-state index in [2.05, 4.69) is 15.2 Å². The molecule has 2 fully saturated rings. The number of likely N-dealkylation sites (tertiary alicyclic amines) is 1. The van der Waals surface area contributed by atoms with Crippen molar-refractivity contribution in [1.29, 1.82) is 0 Å². The molecule has 0 radical (unpaired) electrons. The number of amides is 1. The van der Waals surface area contributed by atoms with Crippen LogP contribution in [0.3, 0.4) is 0 Å². The van der Waals surface area contributed by atoms with Gasteiger partial charge in [-0.25, -0.2) is 4.98 Å². The van der Waals surface area contributed by atoms with E-state index in [0.29, 0.717) is 12.3 Å². The van der Waals surface area contributed by atoms with Crippen molar-refractivity contribution in [3.63, 3.8) is 0 Å². The van der Waals surface area contributed by atoms with E-state index in [1.807, 2.05) is 11.0 Å². The molecular formula is C19H23N5O2. The molecule has 3 heterocycles. The summed E-state index contributed by atoms with van der Waals surface area (Å²) in [4.78, 5) is 34.9. The van der Waals surface area contributed by atoms with Gasteiger partial charge in [0.15, 0.2) is 0 Å². The molecule has 7 nitrogen and oxygen atoms in total. The number of hydrogen-bond acceptors (Lipinski definition) is 4. The van der Waals surface area contributed by atoms with Gasteiger partial charge in [0.05, 0.1) is 12.1 Å². The Morgan fingerprint density at radius 2 is 2.08 bits per heavy atom. The van der Waals surface area contributed by atoms with Gasteiger partial charge in [-0.05, 0) is 44.6 Å². The average molecular weight is 353 g/mol. The first-order valence-corrected chi connectivity index (χ1v) is 9.54. The van der Waals surface area contributed by atoms with Gasteiger partial charge in [-0.3, -0.25) is 14.7 Å². The number of nitrogens with one attached hydrogen (secondary N) is 2. The van der Waals surface area contributed by atoms with Crippen molar-refractivity contribution in [1.82, 2.24) is 25.1 Å². The van der Waals surface area contributed by atoms with Crippen LogP contribution in [0.2, 0.25) is 0 Å². The molecule has 3 aliphatic rings. The molecule has 2 aromatic heterocycles. The maximum atomic E-state index is 12.5. The Hall–Kier alpha value is -2.44. The summed E-state index contributed by atoms with van der Waals surface area (Å²) in [5.41, 5.74) is 2.81. The maximum Gasteiger partial charge on any atom is 0.254 e. The fourth-order valence-corrected chi connectivity index (χ4v) is 4.55. The van der Waals surface area contributed by atoms with E-state index in [1.54, 1.807) is 6.20 Å². The molecule has 0 atom stereocenters. The molecule has 1 aliphatic heterocycles. The minimum Gasteiger partial charge on any atom is -0.342 e. The number of rotatable bonds is 3. The molecule has 0 bridgehead atoms. The highest BCUT2D eigenvalue weighted by molar-refractivity contribution is 5.78. The van der Waals surface area contributed by atoms with E-state index >= 15 is 0 Å². The number of fused-ring (bicyclic) bond motifs is 2. The first kappa shape index (κ1) is 15.8. The first-order valence-electron chi connectivity index (χ1n) is 9.54. The number of hydrogen-bond donors (Lipinski definition) is 2. The van der Waals surface area contributed by atoms with E-state index < -0.39 is 0 Å². The Labute approximate surface area is 151 Å². The smallest absolute Gasteiger partial charge is 0.254 e. The van der Waals surface area contributed by atoms with Gasteiger partial charge in [0, 0.05) is 41.9 Å². The van der Waals surface area contributed by atoms with Crippen LogP contribution in [0, 0.1) is 0 Å². The summed E-state index contributed by atoms with van der Waals surface area (Å²) in [7, 11) is 0. The summed E-state index contributed by atoms with van der Waals surface area (Å²) in [6.45, 7) is 1.47. The highest BCUT2D eigenvalue weighted by atomic mass is 16.2. The van der Waals surface area contributed by atoms with Crippen LogP contribution in [-0.4, -0.2) is 44.1 Å². The summed E-state index contributed by atoms with van der Waals surface area (Å²) >= 11 is 0. The number of H-pyrrole nitrogens is 2. The predicted molar refractivity (Wildman–Crippen MR) is 94.9 cm³/mol. The molecule has 1 amide bonds. The van der Waals surface area contributed by atoms with Crippen molar-refractivity contribution < 1.29 is 4.79 Å². The lowest BCUT2D eigenvalue weighted by Crippen LogP contribution is -2.45. The van der Waals surface area contributed by atoms with E-state index in [-0.39, 0.29) is 16.9 Å². The van der Waals surface area contributed by atoms with Crippen LogP contribution in [-0.2, 0) is 23.1 Å². The molecule has 2 aromatic rings. The molecule has 5 rings (SSSR count). The molecule has 1 saturated heterocycles. The largest absolute Gasteiger partial charge is 0.342 e. The van der Waals surface area contributed by atoms with E-state index in [4.69, 9.17) is 4.98 Å². The number of nitrogens with zero attached hydrogens (tertiary/aromatic N) is 3. The van der Waals surface area contributed by atoms with Gasteiger partial charge in [0.25, 0.3) is 5.56 Å². The zero-order chi connectivity index (χ0) is 17.7. The Kier molecular flexibility index (Phi) is 3.52. The molecule has 0 unspecified atom stereocenters. The Bertz CT molecular complexity index is 889. The minimum absolute atomic E-state index is 0.0159. The zero-order valence-electron chi connectivity index (χ0n) is 14.8. The molecule has 1 spiro atoms. The maximum absolute atomic E-state index is 12.5. The molecule has 0 aromatic carbocycles. The monoisotopic (exact) mass is 353 g/mol. The fraction of sp³-hybridized carbons (Fsp3) is 0.579. The second-order valence-corrected chi connectivity index (χ2v) is 7.97. The van der Waals surface area contributed by atoms with Gasteiger partial charge in [-0.2, -0.15) is 5.10 Å². The van der Waals surface area contributed by atoms with Gasteiger partial charge in [-0.1, -0.05) is 0 Å². The molecule has 26 heavy (non-hydrogen) atoms. The average Bonchev–Trinajstić information content (AvgIpc) is 3.27. The predicted octanol–water partition coefficient (Wildman–Crippen LogP) is 1.42. The van der Waals surface area contributed by atoms with Crippen molar-refractivity contribution in [2.75, 3.05) is 13.1 Å². The lowest BCUT2D eigenvalue weighted by atomic mass is 9.76. The third-order valence-electron chi connectivity index (χ3n) is 6.33. The summed E-state index contributed by atoms with van der Waals surface area (Å²) in [6, 6.07) is 1.84. The van der Waals surface area contributed by atoms with Gasteiger partial charge < -0.3 is 9.88 Å². The van der Waals surface area contributed by atoms with Crippen molar-refractivity contribution >= 4 is 5.91 Å². The topological polar surface area (TPSA) is 94.7 Å². The van der Waals surface area contributed by atoms with Crippen molar-refractivity contribution in [2.24, 2.45) is 0 Å². The normalized spacial score (nSPS) is 21.2. The molecule has 7 heteroatoms. The van der Waals surface area contributed by atoms with Crippen LogP contribution in [0.25, 0.3) is 0 Å². The van der Waals surface area contributed by atoms with Crippen LogP contribution in [0.1, 0.15) is 60.8 Å². The number of carbonyl (C=O) groups is 1. The van der Waals surface area contributed by atoms with Crippen molar-refractivity contribution in [3.05, 3.63) is 45.4 Å². The van der Waals surface area contributed by atoms with Crippen LogP contribution >= 0.6 is 0 Å². The number of carbonyl (C=O) groups excluding carboxylic acids is 1. The second-order valence-electron chi connectivity index (χ2n) is 7.97. The van der Waals surface area contributed by atoms with Crippen LogP contribution in [0.15, 0.2) is 17.1 Å². The second kappa shape index (κ2) is 5.79. The quantitative estimate of drug-likeness (QED) is 0.872. The van der Waals surface area contributed by atoms with Crippen LogP contribution < -0.4 is 5.56 Å². The van der Waals surface area contributed by atoms with Gasteiger partial charge in [0.1, 0.15) is 5.82 Å². The van der Waals surface area contributed by atoms with Crippen LogP contribution in [0.4, 0.5) is 0 Å². The lowest BCUT2D eigenvalue weighted by Gasteiger charge is -2.39. The van der Waals surface area contributed by atoms with Gasteiger partial charge >= 0.3 is 0 Å². The van der Waals surface area contributed by atoms with Gasteiger partial charge in [-0.15, -0.1) is 0 Å².